The van der Waals surface area contributed by atoms with Crippen LogP contribution in [-0.2, 0) is 21.1 Å². The van der Waals surface area contributed by atoms with Crippen LogP contribution >= 0.6 is 0 Å². The van der Waals surface area contributed by atoms with Gasteiger partial charge in [-0.3, -0.25) is 4.79 Å². The maximum atomic E-state index is 11.7. The summed E-state index contributed by atoms with van der Waals surface area (Å²) in [5.74, 6) is 0.0396. The van der Waals surface area contributed by atoms with Crippen LogP contribution in [0.1, 0.15) is 23.4 Å². The van der Waals surface area contributed by atoms with Crippen LogP contribution in [0.3, 0.4) is 0 Å². The molecule has 1 heterocycles. The van der Waals surface area contributed by atoms with Gasteiger partial charge in [0, 0.05) is 25.3 Å². The second-order valence-corrected chi connectivity index (χ2v) is 7.27. The summed E-state index contributed by atoms with van der Waals surface area (Å²) in [4.78, 5) is 11.7. The number of hydrogen-bond acceptors (Lipinski definition) is 6. The van der Waals surface area contributed by atoms with Crippen molar-refractivity contribution in [3.8, 4) is 0 Å². The highest BCUT2D eigenvalue weighted by molar-refractivity contribution is 7.90. The molecule has 2 aromatic rings. The van der Waals surface area contributed by atoms with Gasteiger partial charge in [0.15, 0.2) is 0 Å². The summed E-state index contributed by atoms with van der Waals surface area (Å²) in [6, 6.07) is 7.83. The summed E-state index contributed by atoms with van der Waals surface area (Å²) in [5.41, 5.74) is 2.12. The first-order valence-corrected chi connectivity index (χ1v) is 9.29. The maximum absolute atomic E-state index is 11.7. The van der Waals surface area contributed by atoms with Crippen molar-refractivity contribution in [3.63, 3.8) is 0 Å². The van der Waals surface area contributed by atoms with Crippen molar-refractivity contribution in [1.82, 2.24) is 15.5 Å². The average molecular weight is 349 g/mol. The number of benzene rings is 1. The van der Waals surface area contributed by atoms with Crippen molar-refractivity contribution in [2.24, 2.45) is 0 Å². The molecule has 2 rings (SSSR count). The molecule has 1 N–H and O–H groups in total. The molecule has 0 aliphatic rings. The van der Waals surface area contributed by atoms with E-state index < -0.39 is 9.84 Å². The number of carbonyl (C=O) groups is 1. The van der Waals surface area contributed by atoms with Gasteiger partial charge >= 0.3 is 5.22 Å². The summed E-state index contributed by atoms with van der Waals surface area (Å²) >= 11 is 0. The molecule has 0 saturated carbocycles. The van der Waals surface area contributed by atoms with Crippen LogP contribution in [0.15, 0.2) is 40.0 Å². The summed E-state index contributed by atoms with van der Waals surface area (Å²) in [6.07, 6.45) is 5.18. The molecule has 0 fully saturated rings. The first kappa shape index (κ1) is 17.9. The summed E-state index contributed by atoms with van der Waals surface area (Å²) < 4.78 is 27.5. The maximum Gasteiger partial charge on any atom is 0.335 e. The molecule has 0 spiro atoms. The van der Waals surface area contributed by atoms with Crippen LogP contribution in [0, 0.1) is 6.92 Å². The molecule has 0 radical (unpaired) electrons. The van der Waals surface area contributed by atoms with Gasteiger partial charge in [0.2, 0.25) is 21.6 Å². The minimum Gasteiger partial charge on any atom is -0.413 e. The topological polar surface area (TPSA) is 102 Å². The van der Waals surface area contributed by atoms with E-state index in [0.29, 0.717) is 19.4 Å². The van der Waals surface area contributed by atoms with Gasteiger partial charge in [-0.1, -0.05) is 34.9 Å². The van der Waals surface area contributed by atoms with Crippen LogP contribution in [-0.4, -0.2) is 37.3 Å². The third-order valence-corrected chi connectivity index (χ3v) is 3.94. The largest absolute Gasteiger partial charge is 0.413 e. The Morgan fingerprint density at radius 3 is 2.58 bits per heavy atom. The molecule has 0 aliphatic carbocycles. The fourth-order valence-corrected chi connectivity index (χ4v) is 2.29. The Balaban J connectivity index is 1.73. The Hall–Kier alpha value is -2.48. The molecule has 1 amide bonds. The van der Waals surface area contributed by atoms with Gasteiger partial charge in [-0.25, -0.2) is 8.42 Å². The number of sulfone groups is 1. The molecule has 24 heavy (non-hydrogen) atoms. The predicted octanol–water partition coefficient (Wildman–Crippen LogP) is 1.54. The number of hydrogen-bond donors (Lipinski definition) is 1. The van der Waals surface area contributed by atoms with Crippen LogP contribution in [0.5, 0.6) is 0 Å². The van der Waals surface area contributed by atoms with Crippen LogP contribution < -0.4 is 5.32 Å². The predicted molar refractivity (Wildman–Crippen MR) is 89.0 cm³/mol. The molecule has 0 atom stereocenters. The quantitative estimate of drug-likeness (QED) is 0.601. The number of aryl methyl sites for hydroxylation is 2. The molecule has 1 aromatic heterocycles. The molecule has 7 nitrogen and oxygen atoms in total. The van der Waals surface area contributed by atoms with Gasteiger partial charge in [-0.2, -0.15) is 0 Å². The lowest BCUT2D eigenvalue weighted by Gasteiger charge is -2.00. The zero-order valence-corrected chi connectivity index (χ0v) is 14.3. The van der Waals surface area contributed by atoms with Gasteiger partial charge in [-0.15, -0.1) is 5.10 Å². The first-order chi connectivity index (χ1) is 11.3. The van der Waals surface area contributed by atoms with E-state index in [2.05, 4.69) is 15.5 Å². The van der Waals surface area contributed by atoms with Crippen LogP contribution in [0.2, 0.25) is 0 Å². The minimum absolute atomic E-state index is 0.196. The van der Waals surface area contributed by atoms with Crippen molar-refractivity contribution in [3.05, 3.63) is 47.4 Å². The van der Waals surface area contributed by atoms with E-state index >= 15 is 0 Å². The SMILES string of the molecule is Cc1ccc(/C=C/C(=O)NCCCc2nnc(S(C)(=O)=O)o2)cc1. The van der Waals surface area contributed by atoms with Crippen molar-refractivity contribution >= 4 is 21.8 Å². The molecule has 8 heteroatoms. The van der Waals surface area contributed by atoms with E-state index in [-0.39, 0.29) is 17.0 Å². The van der Waals surface area contributed by atoms with Crippen LogP contribution in [0.25, 0.3) is 6.08 Å². The number of nitrogens with one attached hydrogen (secondary N) is 1. The number of nitrogens with zero attached hydrogens (tertiary/aromatic N) is 2. The number of rotatable bonds is 7. The number of carbonyl (C=O) groups excluding carboxylic acids is 1. The van der Waals surface area contributed by atoms with E-state index in [9.17, 15) is 13.2 Å². The van der Waals surface area contributed by atoms with Gasteiger partial charge < -0.3 is 9.73 Å². The second kappa shape index (κ2) is 7.87. The zero-order valence-electron chi connectivity index (χ0n) is 13.5. The van der Waals surface area contributed by atoms with Crippen molar-refractivity contribution in [1.29, 1.82) is 0 Å². The van der Waals surface area contributed by atoms with Crippen molar-refractivity contribution in [2.45, 2.75) is 25.0 Å². The summed E-state index contributed by atoms with van der Waals surface area (Å²) in [5, 5.41) is 9.48. The van der Waals surface area contributed by atoms with Crippen molar-refractivity contribution < 1.29 is 17.6 Å². The number of aromatic nitrogens is 2. The van der Waals surface area contributed by atoms with E-state index in [1.165, 1.54) is 6.08 Å². The standard InChI is InChI=1S/C16H19N3O4S/c1-12-5-7-13(8-6-12)9-10-14(20)17-11-3-4-15-18-19-16(23-15)24(2,21)22/h5-10H,3-4,11H2,1-2H3,(H,17,20)/b10-9+. The fourth-order valence-electron chi connectivity index (χ4n) is 1.85. The Bertz CT molecular complexity index is 823. The highest BCUT2D eigenvalue weighted by Gasteiger charge is 2.16. The van der Waals surface area contributed by atoms with Gasteiger partial charge in [0.1, 0.15) is 0 Å². The van der Waals surface area contributed by atoms with E-state index in [0.717, 1.165) is 17.4 Å². The van der Waals surface area contributed by atoms with E-state index in [1.807, 2.05) is 31.2 Å². The summed E-state index contributed by atoms with van der Waals surface area (Å²) in [6.45, 7) is 2.43. The molecular formula is C16H19N3O4S. The monoisotopic (exact) mass is 349 g/mol. The second-order valence-electron chi connectivity index (χ2n) is 5.37. The van der Waals surface area contributed by atoms with Gasteiger partial charge in [-0.05, 0) is 25.0 Å². The Kier molecular flexibility index (Phi) is 5.86. The van der Waals surface area contributed by atoms with Gasteiger partial charge in [0.05, 0.1) is 0 Å². The zero-order chi connectivity index (χ0) is 17.6. The number of amides is 1. The lowest BCUT2D eigenvalue weighted by Crippen LogP contribution is -2.22. The highest BCUT2D eigenvalue weighted by Crippen LogP contribution is 2.08. The first-order valence-electron chi connectivity index (χ1n) is 7.39. The third kappa shape index (κ3) is 5.62. The normalized spacial score (nSPS) is 11.8. The molecule has 1 aromatic carbocycles. The van der Waals surface area contributed by atoms with Gasteiger partial charge in [0.25, 0.3) is 0 Å². The lowest BCUT2D eigenvalue weighted by molar-refractivity contribution is -0.116. The Morgan fingerprint density at radius 2 is 1.96 bits per heavy atom. The average Bonchev–Trinajstić information content (AvgIpc) is 3.00. The molecule has 0 aliphatic heterocycles. The minimum atomic E-state index is -3.48. The molecule has 0 unspecified atom stereocenters. The Labute approximate surface area is 140 Å². The third-order valence-electron chi connectivity index (χ3n) is 3.14. The molecule has 0 bridgehead atoms. The molecular weight excluding hydrogens is 330 g/mol. The van der Waals surface area contributed by atoms with Crippen molar-refractivity contribution in [2.75, 3.05) is 12.8 Å². The fraction of sp³-hybridized carbons (Fsp3) is 0.312. The highest BCUT2D eigenvalue weighted by atomic mass is 32.2. The smallest absolute Gasteiger partial charge is 0.335 e. The van der Waals surface area contributed by atoms with Crippen LogP contribution in [0.4, 0.5) is 0 Å². The Morgan fingerprint density at radius 1 is 1.25 bits per heavy atom. The molecule has 128 valence electrons. The van der Waals surface area contributed by atoms with E-state index in [1.54, 1.807) is 6.08 Å². The lowest BCUT2D eigenvalue weighted by atomic mass is 10.1. The molecule has 0 saturated heterocycles. The van der Waals surface area contributed by atoms with E-state index in [4.69, 9.17) is 4.42 Å². The summed E-state index contributed by atoms with van der Waals surface area (Å²) in [7, 11) is -3.48.